The van der Waals surface area contributed by atoms with Crippen molar-refractivity contribution in [1.82, 2.24) is 0 Å². The third kappa shape index (κ3) is 2.48. The molecule has 0 heterocycles. The van der Waals surface area contributed by atoms with Gasteiger partial charge in [-0.3, -0.25) is 4.79 Å². The highest BCUT2D eigenvalue weighted by atomic mass is 16.1. The van der Waals surface area contributed by atoms with Crippen molar-refractivity contribution < 1.29 is 4.79 Å². The smallest absolute Gasteiger partial charge is 0.221 e. The summed E-state index contributed by atoms with van der Waals surface area (Å²) < 4.78 is 0. The van der Waals surface area contributed by atoms with Gasteiger partial charge in [-0.25, -0.2) is 0 Å². The number of benzene rings is 2. The third-order valence-corrected chi connectivity index (χ3v) is 2.31. The van der Waals surface area contributed by atoms with Gasteiger partial charge in [-0.05, 0) is 23.3 Å². The van der Waals surface area contributed by atoms with Crippen molar-refractivity contribution in [3.8, 4) is 11.1 Å². The number of anilines is 1. The number of carbonyl (C=O) groups excluding carboxylic acids is 1. The predicted octanol–water partition coefficient (Wildman–Crippen LogP) is 3.31. The van der Waals surface area contributed by atoms with Gasteiger partial charge >= 0.3 is 0 Å². The lowest BCUT2D eigenvalue weighted by molar-refractivity contribution is -0.114. The number of hydrogen-bond donors (Lipinski definition) is 1. The fourth-order valence-electron chi connectivity index (χ4n) is 1.39. The number of rotatable bonds is 1. The van der Waals surface area contributed by atoms with E-state index >= 15 is 0 Å². The molecule has 2 nitrogen and oxygen atoms in total. The van der Waals surface area contributed by atoms with E-state index in [-0.39, 0.29) is 5.91 Å². The van der Waals surface area contributed by atoms with E-state index in [2.05, 4.69) is 29.6 Å². The van der Waals surface area contributed by atoms with E-state index in [1.54, 1.807) is 0 Å². The number of hydrogen-bond acceptors (Lipinski definition) is 1. The van der Waals surface area contributed by atoms with Crippen molar-refractivity contribution in [3.05, 3.63) is 54.6 Å². The Morgan fingerprint density at radius 1 is 0.875 bits per heavy atom. The minimum atomic E-state index is -0.0359. The van der Waals surface area contributed by atoms with Gasteiger partial charge in [0, 0.05) is 12.6 Å². The highest BCUT2D eigenvalue weighted by molar-refractivity contribution is 5.88. The van der Waals surface area contributed by atoms with Crippen LogP contribution >= 0.6 is 0 Å². The van der Waals surface area contributed by atoms with Crippen LogP contribution in [0, 0.1) is 0 Å². The molecule has 0 aromatic heterocycles. The zero-order valence-corrected chi connectivity index (χ0v) is 9.10. The average Bonchev–Trinajstić information content (AvgIpc) is 2.25. The van der Waals surface area contributed by atoms with Gasteiger partial charge in [0.15, 0.2) is 0 Å². The summed E-state index contributed by atoms with van der Waals surface area (Å²) in [7, 11) is 0. The Balaban J connectivity index is 0.000000134. The molecule has 3 rings (SSSR count). The molecule has 1 aromatic rings. The number of carbonyl (C=O) groups is 1. The lowest BCUT2D eigenvalue weighted by atomic mass is 9.95. The molecular formula is C14H13NO. The van der Waals surface area contributed by atoms with Crippen LogP contribution in [0.3, 0.4) is 0 Å². The normalized spacial score (nSPS) is 9.81. The molecule has 1 aromatic carbocycles. The minimum Gasteiger partial charge on any atom is -0.326 e. The van der Waals surface area contributed by atoms with Crippen LogP contribution in [0.1, 0.15) is 6.92 Å². The molecule has 16 heavy (non-hydrogen) atoms. The summed E-state index contributed by atoms with van der Waals surface area (Å²) in [6, 6.07) is 17.8. The summed E-state index contributed by atoms with van der Waals surface area (Å²) in [5, 5.41) is 2.67. The van der Waals surface area contributed by atoms with Gasteiger partial charge in [0.2, 0.25) is 5.91 Å². The molecule has 2 aliphatic carbocycles. The summed E-state index contributed by atoms with van der Waals surface area (Å²) in [4.78, 5) is 10.5. The average molecular weight is 211 g/mol. The van der Waals surface area contributed by atoms with E-state index in [0.717, 1.165) is 5.69 Å². The summed E-state index contributed by atoms with van der Waals surface area (Å²) >= 11 is 0. The molecule has 2 aliphatic rings. The summed E-state index contributed by atoms with van der Waals surface area (Å²) in [5.74, 6) is -0.0359. The number of fused-ring (bicyclic) bond motifs is 1. The molecule has 0 fully saturated rings. The minimum absolute atomic E-state index is 0.0359. The van der Waals surface area contributed by atoms with Crippen LogP contribution in [-0.2, 0) is 4.79 Å². The van der Waals surface area contributed by atoms with Crippen molar-refractivity contribution in [1.29, 1.82) is 0 Å². The van der Waals surface area contributed by atoms with Crippen molar-refractivity contribution in [2.75, 3.05) is 5.32 Å². The molecule has 0 spiro atoms. The Bertz CT molecular complexity index is 453. The second-order valence-electron chi connectivity index (χ2n) is 3.62. The van der Waals surface area contributed by atoms with Crippen LogP contribution in [-0.4, -0.2) is 5.91 Å². The van der Waals surface area contributed by atoms with Gasteiger partial charge in [0.05, 0.1) is 0 Å². The summed E-state index contributed by atoms with van der Waals surface area (Å²) in [6.45, 7) is 1.49. The maximum absolute atomic E-state index is 10.5. The molecule has 0 radical (unpaired) electrons. The van der Waals surface area contributed by atoms with Crippen LogP contribution in [0.25, 0.3) is 11.1 Å². The molecule has 0 atom stereocenters. The lowest BCUT2D eigenvalue weighted by Crippen LogP contribution is -2.04. The van der Waals surface area contributed by atoms with Gasteiger partial charge in [0.25, 0.3) is 0 Å². The molecule has 0 aliphatic heterocycles. The first-order valence-corrected chi connectivity index (χ1v) is 5.19. The maximum atomic E-state index is 10.5. The molecule has 1 N–H and O–H groups in total. The fraction of sp³-hybridized carbons (Fsp3) is 0.0714. The topological polar surface area (TPSA) is 29.1 Å². The van der Waals surface area contributed by atoms with E-state index in [1.807, 2.05) is 30.3 Å². The number of amides is 1. The summed E-state index contributed by atoms with van der Waals surface area (Å²) in [5.41, 5.74) is 3.69. The van der Waals surface area contributed by atoms with Gasteiger partial charge in [0.1, 0.15) is 0 Å². The number of para-hydroxylation sites is 1. The highest BCUT2D eigenvalue weighted by Crippen LogP contribution is 2.29. The molecule has 0 bridgehead atoms. The van der Waals surface area contributed by atoms with Crippen LogP contribution < -0.4 is 5.32 Å². The highest BCUT2D eigenvalue weighted by Gasteiger charge is 2.03. The lowest BCUT2D eigenvalue weighted by Gasteiger charge is -2.10. The van der Waals surface area contributed by atoms with Gasteiger partial charge in [-0.1, -0.05) is 42.5 Å². The van der Waals surface area contributed by atoms with Crippen LogP contribution in [0.2, 0.25) is 0 Å². The van der Waals surface area contributed by atoms with Gasteiger partial charge in [-0.15, -0.1) is 0 Å². The van der Waals surface area contributed by atoms with Crippen LogP contribution in [0.5, 0.6) is 0 Å². The first-order chi connectivity index (χ1) is 7.75. The van der Waals surface area contributed by atoms with Crippen LogP contribution in [0.15, 0.2) is 54.6 Å². The Labute approximate surface area is 94.9 Å². The van der Waals surface area contributed by atoms with Crippen molar-refractivity contribution in [2.45, 2.75) is 6.92 Å². The fourth-order valence-corrected chi connectivity index (χ4v) is 1.39. The second-order valence-corrected chi connectivity index (χ2v) is 3.62. The van der Waals surface area contributed by atoms with Gasteiger partial charge in [-0.2, -0.15) is 0 Å². The van der Waals surface area contributed by atoms with Crippen molar-refractivity contribution in [3.63, 3.8) is 0 Å². The predicted molar refractivity (Wildman–Crippen MR) is 66.2 cm³/mol. The molecule has 2 heteroatoms. The largest absolute Gasteiger partial charge is 0.326 e. The molecule has 0 saturated carbocycles. The zero-order chi connectivity index (χ0) is 11.4. The number of nitrogens with one attached hydrogen (secondary N) is 1. The quantitative estimate of drug-likeness (QED) is 0.657. The first kappa shape index (κ1) is 10.4. The Morgan fingerprint density at radius 3 is 1.69 bits per heavy atom. The Kier molecular flexibility index (Phi) is 3.01. The standard InChI is InChI=1S/C8H9NO.C6H4/c1-7(10)9-8-5-3-2-4-6-8;1-2-6-4-3-5(1)6/h2-6H,1H3,(H,9,10);1-4H. The maximum Gasteiger partial charge on any atom is 0.221 e. The van der Waals surface area contributed by atoms with Gasteiger partial charge < -0.3 is 5.32 Å². The third-order valence-electron chi connectivity index (χ3n) is 2.31. The van der Waals surface area contributed by atoms with Crippen LogP contribution in [0.4, 0.5) is 5.69 Å². The van der Waals surface area contributed by atoms with Crippen molar-refractivity contribution >= 4 is 11.6 Å². The van der Waals surface area contributed by atoms with Crippen molar-refractivity contribution in [2.24, 2.45) is 0 Å². The summed E-state index contributed by atoms with van der Waals surface area (Å²) in [6.07, 6.45) is 0. The Morgan fingerprint density at radius 2 is 1.38 bits per heavy atom. The molecule has 1 amide bonds. The van der Waals surface area contributed by atoms with E-state index in [1.165, 1.54) is 18.1 Å². The molecule has 80 valence electrons. The van der Waals surface area contributed by atoms with E-state index in [4.69, 9.17) is 0 Å². The Hall–Kier alpha value is -2.09. The zero-order valence-electron chi connectivity index (χ0n) is 9.10. The SMILES string of the molecule is CC(=O)Nc1ccccc1.c1cc2ccc1-2. The van der Waals surface area contributed by atoms with E-state index < -0.39 is 0 Å². The molecule has 0 unspecified atom stereocenters. The van der Waals surface area contributed by atoms with E-state index in [0.29, 0.717) is 0 Å². The monoisotopic (exact) mass is 211 g/mol. The molecule has 0 saturated heterocycles. The second kappa shape index (κ2) is 4.62. The van der Waals surface area contributed by atoms with E-state index in [9.17, 15) is 4.79 Å². The first-order valence-electron chi connectivity index (χ1n) is 5.19. The molecular weight excluding hydrogens is 198 g/mol.